The molecule has 1 aromatic heterocycles. The first-order valence-corrected chi connectivity index (χ1v) is 11.6. The Hall–Kier alpha value is -2.20. The van der Waals surface area contributed by atoms with Gasteiger partial charge in [-0.05, 0) is 75.6 Å². The fourth-order valence-corrected chi connectivity index (χ4v) is 3.39. The molecule has 0 amide bonds. The topological polar surface area (TPSA) is 54.7 Å². The molecule has 0 radical (unpaired) electrons. The minimum absolute atomic E-state index is 0.384. The first kappa shape index (κ1) is 26.8. The Morgan fingerprint density at radius 2 is 1.77 bits per heavy atom. The summed E-state index contributed by atoms with van der Waals surface area (Å²) >= 11 is 0. The number of aliphatic imine (C=N–C) groups is 1. The summed E-state index contributed by atoms with van der Waals surface area (Å²) in [7, 11) is 1.62. The minimum atomic E-state index is -0.384. The molecule has 1 heterocycles. The fraction of sp³-hybridized carbons (Fsp3) is 0.556. The van der Waals surface area contributed by atoms with Gasteiger partial charge in [-0.2, -0.15) is 0 Å². The van der Waals surface area contributed by atoms with Crippen LogP contribution in [0, 0.1) is 20.8 Å². The number of unbranched alkanes of at least 4 members (excludes halogenated alkanes) is 2. The number of aromatic nitrogens is 1. The van der Waals surface area contributed by atoms with E-state index in [1.165, 1.54) is 36.1 Å². The average molecular weight is 427 g/mol. The van der Waals surface area contributed by atoms with Crippen LogP contribution in [0.15, 0.2) is 29.3 Å². The number of hydrogen-bond donors (Lipinski definition) is 1. The fourth-order valence-electron chi connectivity index (χ4n) is 3.39. The van der Waals surface area contributed by atoms with Gasteiger partial charge in [-0.3, -0.25) is 4.99 Å². The van der Waals surface area contributed by atoms with Crippen molar-refractivity contribution in [1.29, 1.82) is 0 Å². The van der Waals surface area contributed by atoms with E-state index in [2.05, 4.69) is 44.8 Å². The molecule has 4 nitrogen and oxygen atoms in total. The highest BCUT2D eigenvalue weighted by Crippen LogP contribution is 2.32. The van der Waals surface area contributed by atoms with E-state index in [4.69, 9.17) is 9.73 Å². The van der Waals surface area contributed by atoms with Gasteiger partial charge in [0.05, 0.1) is 18.9 Å². The lowest BCUT2D eigenvalue weighted by atomic mass is 9.96. The second-order valence-electron chi connectivity index (χ2n) is 8.13. The Bertz CT molecular complexity index is 843. The molecule has 0 aliphatic heterocycles. The van der Waals surface area contributed by atoms with Crippen LogP contribution in [0.4, 0.5) is 5.69 Å². The molecular formula is C27H42N2O2. The van der Waals surface area contributed by atoms with Gasteiger partial charge in [0.1, 0.15) is 0 Å². The van der Waals surface area contributed by atoms with E-state index in [1.54, 1.807) is 7.11 Å². The van der Waals surface area contributed by atoms with E-state index < -0.39 is 0 Å². The summed E-state index contributed by atoms with van der Waals surface area (Å²) < 4.78 is 4.94. The Balaban J connectivity index is 0.000000399. The molecule has 0 aliphatic carbocycles. The molecule has 0 aliphatic rings. The van der Waals surface area contributed by atoms with Crippen molar-refractivity contribution in [3.8, 4) is 5.88 Å². The number of rotatable bonds is 9. The van der Waals surface area contributed by atoms with Crippen LogP contribution in [0.1, 0.15) is 93.9 Å². The molecule has 1 aromatic carbocycles. The third-order valence-corrected chi connectivity index (χ3v) is 5.66. The second kappa shape index (κ2) is 14.0. The normalized spacial score (nSPS) is 12.2. The van der Waals surface area contributed by atoms with Crippen molar-refractivity contribution in [2.45, 2.75) is 93.1 Å². The SMILES string of the molecule is CCCCCC(C)=Nc1c(CC)ccc(C(O)CC)c1C.COc1ccc(C)c(C)n1. The Morgan fingerprint density at radius 3 is 2.32 bits per heavy atom. The van der Waals surface area contributed by atoms with E-state index in [-0.39, 0.29) is 6.10 Å². The van der Waals surface area contributed by atoms with Gasteiger partial charge in [-0.25, -0.2) is 4.98 Å². The first-order valence-electron chi connectivity index (χ1n) is 11.6. The molecule has 2 aromatic rings. The van der Waals surface area contributed by atoms with E-state index in [0.29, 0.717) is 5.88 Å². The van der Waals surface area contributed by atoms with E-state index in [1.807, 2.05) is 32.9 Å². The molecule has 1 atom stereocenters. The van der Waals surface area contributed by atoms with Gasteiger partial charge in [0, 0.05) is 17.5 Å². The Morgan fingerprint density at radius 1 is 1.06 bits per heavy atom. The van der Waals surface area contributed by atoms with E-state index in [0.717, 1.165) is 41.8 Å². The van der Waals surface area contributed by atoms with Crippen LogP contribution in [-0.2, 0) is 6.42 Å². The van der Waals surface area contributed by atoms with Crippen LogP contribution in [0.2, 0.25) is 0 Å². The smallest absolute Gasteiger partial charge is 0.213 e. The van der Waals surface area contributed by atoms with Crippen molar-refractivity contribution in [3.05, 3.63) is 52.2 Å². The van der Waals surface area contributed by atoms with Crippen molar-refractivity contribution < 1.29 is 9.84 Å². The summed E-state index contributed by atoms with van der Waals surface area (Å²) in [6.45, 7) is 14.6. The van der Waals surface area contributed by atoms with Crippen LogP contribution < -0.4 is 4.74 Å². The second-order valence-corrected chi connectivity index (χ2v) is 8.13. The molecule has 4 heteroatoms. The zero-order valence-electron chi connectivity index (χ0n) is 20.9. The summed E-state index contributed by atoms with van der Waals surface area (Å²) in [5.41, 5.74) is 7.93. The van der Waals surface area contributed by atoms with Gasteiger partial charge >= 0.3 is 0 Å². The number of benzene rings is 1. The maximum Gasteiger partial charge on any atom is 0.213 e. The number of aryl methyl sites for hydroxylation is 3. The number of methoxy groups -OCH3 is 1. The zero-order valence-corrected chi connectivity index (χ0v) is 20.9. The van der Waals surface area contributed by atoms with Crippen LogP contribution in [0.25, 0.3) is 0 Å². The summed E-state index contributed by atoms with van der Waals surface area (Å²) in [5, 5.41) is 10.2. The highest BCUT2D eigenvalue weighted by atomic mass is 16.5. The van der Waals surface area contributed by atoms with Gasteiger partial charge in [0.25, 0.3) is 0 Å². The van der Waals surface area contributed by atoms with Crippen molar-refractivity contribution in [2.75, 3.05) is 7.11 Å². The molecule has 1 N–H and O–H groups in total. The predicted molar refractivity (Wildman–Crippen MR) is 133 cm³/mol. The number of aliphatic hydroxyl groups is 1. The van der Waals surface area contributed by atoms with Gasteiger partial charge in [0.2, 0.25) is 5.88 Å². The summed E-state index contributed by atoms with van der Waals surface area (Å²) in [6, 6.07) is 8.05. The van der Waals surface area contributed by atoms with Gasteiger partial charge in [-0.1, -0.05) is 51.8 Å². The largest absolute Gasteiger partial charge is 0.481 e. The first-order chi connectivity index (χ1) is 14.8. The van der Waals surface area contributed by atoms with Crippen LogP contribution in [-0.4, -0.2) is 22.9 Å². The Kier molecular flexibility index (Phi) is 12.1. The molecule has 0 fully saturated rings. The number of ether oxygens (including phenoxy) is 1. The third kappa shape index (κ3) is 8.45. The lowest BCUT2D eigenvalue weighted by molar-refractivity contribution is 0.173. The predicted octanol–water partition coefficient (Wildman–Crippen LogP) is 7.38. The molecular weight excluding hydrogens is 384 g/mol. The van der Waals surface area contributed by atoms with Gasteiger partial charge < -0.3 is 9.84 Å². The molecule has 0 saturated heterocycles. The molecule has 1 unspecified atom stereocenters. The van der Waals surface area contributed by atoms with Gasteiger partial charge in [0.15, 0.2) is 0 Å². The van der Waals surface area contributed by atoms with Crippen LogP contribution >= 0.6 is 0 Å². The highest BCUT2D eigenvalue weighted by Gasteiger charge is 2.13. The molecule has 172 valence electrons. The summed E-state index contributed by atoms with van der Waals surface area (Å²) in [5.74, 6) is 0.683. The molecule has 2 rings (SSSR count). The molecule has 0 saturated carbocycles. The number of aliphatic hydroxyl groups excluding tert-OH is 1. The van der Waals surface area contributed by atoms with Crippen molar-refractivity contribution >= 4 is 11.4 Å². The van der Waals surface area contributed by atoms with Gasteiger partial charge in [-0.15, -0.1) is 0 Å². The monoisotopic (exact) mass is 426 g/mol. The lowest BCUT2D eigenvalue weighted by Crippen LogP contribution is -2.01. The van der Waals surface area contributed by atoms with Crippen molar-refractivity contribution in [3.63, 3.8) is 0 Å². The number of pyridine rings is 1. The van der Waals surface area contributed by atoms with E-state index >= 15 is 0 Å². The standard InChI is InChI=1S/C19H31NO.C8H11NO/c1-6-9-10-11-14(4)20-19-15(5)17(18(21)8-3)13-12-16(19)7-2;1-6-4-5-8(10-3)9-7(6)2/h12-13,18,21H,6-11H2,1-5H3;4-5H,1-3H3. The zero-order chi connectivity index (χ0) is 23.4. The van der Waals surface area contributed by atoms with Crippen LogP contribution in [0.3, 0.4) is 0 Å². The Labute approximate surface area is 189 Å². The van der Waals surface area contributed by atoms with E-state index in [9.17, 15) is 5.11 Å². The minimum Gasteiger partial charge on any atom is -0.481 e. The highest BCUT2D eigenvalue weighted by molar-refractivity contribution is 5.85. The maximum atomic E-state index is 10.2. The summed E-state index contributed by atoms with van der Waals surface area (Å²) in [4.78, 5) is 9.05. The third-order valence-electron chi connectivity index (χ3n) is 5.66. The molecule has 0 spiro atoms. The quantitative estimate of drug-likeness (QED) is 0.336. The lowest BCUT2D eigenvalue weighted by Gasteiger charge is -2.16. The maximum absolute atomic E-state index is 10.2. The molecule has 31 heavy (non-hydrogen) atoms. The average Bonchev–Trinajstić information content (AvgIpc) is 2.77. The van der Waals surface area contributed by atoms with Crippen molar-refractivity contribution in [2.24, 2.45) is 4.99 Å². The molecule has 0 bridgehead atoms. The summed E-state index contributed by atoms with van der Waals surface area (Å²) in [6.07, 6.45) is 6.12. The number of hydrogen-bond acceptors (Lipinski definition) is 4. The van der Waals surface area contributed by atoms with Crippen molar-refractivity contribution in [1.82, 2.24) is 4.98 Å². The number of nitrogens with zero attached hydrogens (tertiary/aromatic N) is 2. The van der Waals surface area contributed by atoms with Crippen LogP contribution in [0.5, 0.6) is 5.88 Å².